The Kier molecular flexibility index (Phi) is 14.4. The van der Waals surface area contributed by atoms with E-state index in [-0.39, 0.29) is 0 Å². The van der Waals surface area contributed by atoms with E-state index in [1.807, 2.05) is 0 Å². The molecular formula is C58H64N8. The molecule has 6 aromatic carbocycles. The lowest BCUT2D eigenvalue weighted by molar-refractivity contribution is 0.104. The summed E-state index contributed by atoms with van der Waals surface area (Å²) in [4.78, 5) is 27.2. The lowest BCUT2D eigenvalue weighted by Crippen LogP contribution is -2.47. The molecule has 0 bridgehead atoms. The van der Waals surface area contributed by atoms with Crippen LogP contribution in [0.5, 0.6) is 0 Å². The SMILES string of the molecule is Cc1ccc(-c2nc(CN3CCN(C(c4ccccc4)c4ccccc4)CC3)c(C)[nH]2)cc1.Cc1ccc(-c2nc(CN3CCN(C(c4ccccc4)c4ccccc4)CC3)c(C)[nH]2)cc1. The van der Waals surface area contributed by atoms with Crippen LogP contribution in [0.2, 0.25) is 0 Å². The van der Waals surface area contributed by atoms with E-state index >= 15 is 0 Å². The van der Waals surface area contributed by atoms with E-state index in [0.717, 1.165) is 99.6 Å². The highest BCUT2D eigenvalue weighted by Crippen LogP contribution is 2.32. The zero-order valence-electron chi connectivity index (χ0n) is 39.1. The molecule has 10 rings (SSSR count). The molecule has 8 heteroatoms. The molecule has 2 saturated heterocycles. The second-order valence-electron chi connectivity index (χ2n) is 18.1. The molecule has 2 N–H and O–H groups in total. The summed E-state index contributed by atoms with van der Waals surface area (Å²) in [6.45, 7) is 18.6. The van der Waals surface area contributed by atoms with Gasteiger partial charge in [-0.15, -0.1) is 0 Å². The van der Waals surface area contributed by atoms with Crippen molar-refractivity contribution < 1.29 is 0 Å². The van der Waals surface area contributed by atoms with Crippen LogP contribution in [0.1, 0.15) is 68.2 Å². The second kappa shape index (κ2) is 21.3. The first kappa shape index (κ1) is 44.8. The number of aromatic nitrogens is 4. The van der Waals surface area contributed by atoms with E-state index in [1.54, 1.807) is 0 Å². The van der Waals surface area contributed by atoms with Crippen molar-refractivity contribution in [1.82, 2.24) is 39.5 Å². The highest BCUT2D eigenvalue weighted by atomic mass is 15.3. The minimum absolute atomic E-state index is 0.301. The van der Waals surface area contributed by atoms with E-state index in [1.165, 1.54) is 44.8 Å². The highest BCUT2D eigenvalue weighted by molar-refractivity contribution is 5.57. The van der Waals surface area contributed by atoms with Crippen LogP contribution in [0, 0.1) is 27.7 Å². The number of aryl methyl sites for hydroxylation is 4. The molecule has 0 aliphatic carbocycles. The maximum atomic E-state index is 4.94. The zero-order valence-corrected chi connectivity index (χ0v) is 39.1. The average molecular weight is 873 g/mol. The molecule has 8 nitrogen and oxygen atoms in total. The first-order valence-electron chi connectivity index (χ1n) is 23.7. The molecule has 2 aliphatic heterocycles. The van der Waals surface area contributed by atoms with Crippen molar-refractivity contribution in [3.05, 3.63) is 226 Å². The molecule has 0 spiro atoms. The quantitative estimate of drug-likeness (QED) is 0.127. The predicted molar refractivity (Wildman–Crippen MR) is 270 cm³/mol. The maximum absolute atomic E-state index is 4.94. The minimum Gasteiger partial charge on any atom is -0.342 e. The number of hydrogen-bond acceptors (Lipinski definition) is 6. The van der Waals surface area contributed by atoms with Crippen LogP contribution in [-0.4, -0.2) is 91.9 Å². The van der Waals surface area contributed by atoms with Gasteiger partial charge in [-0.2, -0.15) is 0 Å². The summed E-state index contributed by atoms with van der Waals surface area (Å²) in [6.07, 6.45) is 0. The van der Waals surface area contributed by atoms with E-state index in [0.29, 0.717) is 12.1 Å². The normalized spacial score (nSPS) is 15.2. The molecule has 0 amide bonds. The Balaban J connectivity index is 0.000000166. The molecule has 0 atom stereocenters. The molecule has 8 aromatic rings. The van der Waals surface area contributed by atoms with Gasteiger partial charge in [0.15, 0.2) is 0 Å². The van der Waals surface area contributed by atoms with E-state index in [2.05, 4.69) is 227 Å². The molecule has 0 saturated carbocycles. The summed E-state index contributed by atoms with van der Waals surface area (Å²) in [5, 5.41) is 0. The van der Waals surface area contributed by atoms with Crippen molar-refractivity contribution in [2.75, 3.05) is 52.4 Å². The topological polar surface area (TPSA) is 70.3 Å². The standard InChI is InChI=1S/2C29H32N4/c2*1-22-13-15-26(16-14-22)29-30-23(2)27(31-29)21-32-17-19-33(20-18-32)28(24-9-5-3-6-10-24)25-11-7-4-8-12-25/h2*3-16,28H,17-21H2,1-2H3,(H,30,31). The van der Waals surface area contributed by atoms with Crippen molar-refractivity contribution in [2.45, 2.75) is 52.9 Å². The molecular weight excluding hydrogens is 809 g/mol. The van der Waals surface area contributed by atoms with E-state index < -0.39 is 0 Å². The number of piperazine rings is 2. The van der Waals surface area contributed by atoms with Gasteiger partial charge in [0.2, 0.25) is 0 Å². The van der Waals surface area contributed by atoms with E-state index in [4.69, 9.17) is 9.97 Å². The van der Waals surface area contributed by atoms with Crippen molar-refractivity contribution in [3.63, 3.8) is 0 Å². The Morgan fingerprint density at radius 3 is 0.955 bits per heavy atom. The van der Waals surface area contributed by atoms with E-state index in [9.17, 15) is 0 Å². The largest absolute Gasteiger partial charge is 0.342 e. The van der Waals surface area contributed by atoms with Gasteiger partial charge in [0, 0.05) is 88.0 Å². The molecule has 2 aliphatic rings. The maximum Gasteiger partial charge on any atom is 0.137 e. The minimum atomic E-state index is 0.301. The summed E-state index contributed by atoms with van der Waals surface area (Å²) in [5.41, 5.74) is 14.9. The Morgan fingerprint density at radius 2 is 0.667 bits per heavy atom. The Bertz CT molecular complexity index is 2430. The molecule has 2 fully saturated rings. The smallest absolute Gasteiger partial charge is 0.137 e. The fourth-order valence-corrected chi connectivity index (χ4v) is 9.55. The first-order chi connectivity index (χ1) is 32.3. The number of aromatic amines is 2. The lowest BCUT2D eigenvalue weighted by atomic mass is 9.96. The highest BCUT2D eigenvalue weighted by Gasteiger charge is 2.28. The van der Waals surface area contributed by atoms with Crippen LogP contribution in [0.25, 0.3) is 22.8 Å². The molecule has 336 valence electrons. The molecule has 66 heavy (non-hydrogen) atoms. The second-order valence-corrected chi connectivity index (χ2v) is 18.1. The third-order valence-electron chi connectivity index (χ3n) is 13.4. The van der Waals surface area contributed by atoms with Crippen LogP contribution in [0.3, 0.4) is 0 Å². The molecule has 4 heterocycles. The van der Waals surface area contributed by atoms with Gasteiger partial charge in [-0.25, -0.2) is 9.97 Å². The number of nitrogens with one attached hydrogen (secondary N) is 2. The Hall–Kier alpha value is -6.42. The monoisotopic (exact) mass is 873 g/mol. The zero-order chi connectivity index (χ0) is 45.2. The van der Waals surface area contributed by atoms with Gasteiger partial charge >= 0.3 is 0 Å². The first-order valence-corrected chi connectivity index (χ1v) is 23.7. The summed E-state index contributed by atoms with van der Waals surface area (Å²) < 4.78 is 0. The van der Waals surface area contributed by atoms with Crippen LogP contribution in [-0.2, 0) is 13.1 Å². The number of H-pyrrole nitrogens is 2. The third-order valence-corrected chi connectivity index (χ3v) is 13.4. The van der Waals surface area contributed by atoms with Gasteiger partial charge in [-0.1, -0.05) is 181 Å². The summed E-state index contributed by atoms with van der Waals surface area (Å²) in [7, 11) is 0. The number of hydrogen-bond donors (Lipinski definition) is 2. The summed E-state index contributed by atoms with van der Waals surface area (Å²) in [6, 6.07) is 61.3. The van der Waals surface area contributed by atoms with Crippen molar-refractivity contribution >= 4 is 0 Å². The summed E-state index contributed by atoms with van der Waals surface area (Å²) in [5.74, 6) is 1.93. The van der Waals surface area contributed by atoms with Gasteiger partial charge in [0.05, 0.1) is 23.5 Å². The summed E-state index contributed by atoms with van der Waals surface area (Å²) >= 11 is 0. The number of nitrogens with zero attached hydrogens (tertiary/aromatic N) is 6. The number of imidazole rings is 2. The van der Waals surface area contributed by atoms with Crippen LogP contribution < -0.4 is 0 Å². The predicted octanol–water partition coefficient (Wildman–Crippen LogP) is 11.2. The van der Waals surface area contributed by atoms with Crippen molar-refractivity contribution in [1.29, 1.82) is 0 Å². The van der Waals surface area contributed by atoms with Gasteiger partial charge in [0.25, 0.3) is 0 Å². The Labute approximate surface area is 392 Å². The molecule has 0 unspecified atom stereocenters. The fraction of sp³-hybridized carbons (Fsp3) is 0.276. The van der Waals surface area contributed by atoms with Crippen LogP contribution in [0.4, 0.5) is 0 Å². The number of rotatable bonds is 12. The Morgan fingerprint density at radius 1 is 0.379 bits per heavy atom. The van der Waals surface area contributed by atoms with Gasteiger partial charge in [-0.3, -0.25) is 19.6 Å². The van der Waals surface area contributed by atoms with Gasteiger partial charge in [0.1, 0.15) is 11.6 Å². The molecule has 0 radical (unpaired) electrons. The lowest BCUT2D eigenvalue weighted by Gasteiger charge is -2.39. The van der Waals surface area contributed by atoms with Crippen LogP contribution in [0.15, 0.2) is 170 Å². The van der Waals surface area contributed by atoms with Crippen molar-refractivity contribution in [2.24, 2.45) is 0 Å². The number of benzene rings is 6. The van der Waals surface area contributed by atoms with Crippen LogP contribution >= 0.6 is 0 Å². The average Bonchev–Trinajstić information content (AvgIpc) is 3.92. The third kappa shape index (κ3) is 11.0. The van der Waals surface area contributed by atoms with Gasteiger partial charge in [-0.05, 0) is 49.9 Å². The molecule has 2 aromatic heterocycles. The fourth-order valence-electron chi connectivity index (χ4n) is 9.55. The van der Waals surface area contributed by atoms with Crippen molar-refractivity contribution in [3.8, 4) is 22.8 Å². The van der Waals surface area contributed by atoms with Gasteiger partial charge < -0.3 is 9.97 Å².